The highest BCUT2D eigenvalue weighted by atomic mass is 32.1. The van der Waals surface area contributed by atoms with E-state index in [1.807, 2.05) is 53.9 Å². The van der Waals surface area contributed by atoms with Crippen molar-refractivity contribution >= 4 is 33.9 Å². The van der Waals surface area contributed by atoms with Gasteiger partial charge in [0.05, 0.1) is 16.7 Å². The van der Waals surface area contributed by atoms with Gasteiger partial charge >= 0.3 is 0 Å². The van der Waals surface area contributed by atoms with E-state index in [2.05, 4.69) is 16.2 Å². The number of nitriles is 1. The number of halogens is 1. The average molecular weight is 423 g/mol. The van der Waals surface area contributed by atoms with E-state index < -0.39 is 0 Å². The van der Waals surface area contributed by atoms with Crippen LogP contribution in [0.5, 0.6) is 0 Å². The smallest absolute Gasteiger partial charge is 0.174 e. The number of rotatable bonds is 4. The van der Waals surface area contributed by atoms with Crippen LogP contribution < -0.4 is 0 Å². The summed E-state index contributed by atoms with van der Waals surface area (Å²) in [5.74, 6) is 0.396. The summed E-state index contributed by atoms with van der Waals surface area (Å²) in [6.07, 6.45) is 1.80. The van der Waals surface area contributed by atoms with Gasteiger partial charge in [0.1, 0.15) is 22.4 Å². The normalized spacial score (nSPS) is 11.5. The molecule has 31 heavy (non-hydrogen) atoms. The molecule has 0 spiro atoms. The quantitative estimate of drug-likeness (QED) is 0.298. The Morgan fingerprint density at radius 2 is 1.81 bits per heavy atom. The SMILES string of the molecule is N#CC(=Cc1ccc2noc(-c3ccccc3)c2c1)c1nc(-c2ccc(F)cc2)cs1. The summed E-state index contributed by atoms with van der Waals surface area (Å²) < 4.78 is 18.7. The fourth-order valence-corrected chi connectivity index (χ4v) is 4.10. The van der Waals surface area contributed by atoms with Gasteiger partial charge in [0.15, 0.2) is 5.76 Å². The molecule has 5 rings (SSSR count). The van der Waals surface area contributed by atoms with Gasteiger partial charge in [-0.25, -0.2) is 9.37 Å². The molecule has 4 nitrogen and oxygen atoms in total. The number of benzene rings is 3. The second-order valence-electron chi connectivity index (χ2n) is 6.87. The third-order valence-corrected chi connectivity index (χ3v) is 5.72. The van der Waals surface area contributed by atoms with Gasteiger partial charge in [-0.15, -0.1) is 11.3 Å². The Balaban J connectivity index is 1.52. The molecule has 0 aliphatic heterocycles. The number of thiazole rings is 1. The van der Waals surface area contributed by atoms with E-state index in [0.717, 1.165) is 27.6 Å². The minimum Gasteiger partial charge on any atom is -0.355 e. The first-order chi connectivity index (χ1) is 15.2. The Labute approximate surface area is 181 Å². The molecule has 0 saturated heterocycles. The van der Waals surface area contributed by atoms with E-state index in [1.54, 1.807) is 18.2 Å². The summed E-state index contributed by atoms with van der Waals surface area (Å²) in [5, 5.41) is 17.2. The number of aromatic nitrogens is 2. The van der Waals surface area contributed by atoms with E-state index in [1.165, 1.54) is 23.5 Å². The lowest BCUT2D eigenvalue weighted by Crippen LogP contribution is -1.84. The number of fused-ring (bicyclic) bond motifs is 1. The Kier molecular flexibility index (Phi) is 4.87. The lowest BCUT2D eigenvalue weighted by Gasteiger charge is -1.99. The fourth-order valence-electron chi connectivity index (χ4n) is 3.31. The van der Waals surface area contributed by atoms with Crippen molar-refractivity contribution in [2.75, 3.05) is 0 Å². The van der Waals surface area contributed by atoms with Crippen LogP contribution in [0.2, 0.25) is 0 Å². The predicted octanol–water partition coefficient (Wildman–Crippen LogP) is 6.82. The Morgan fingerprint density at radius 1 is 1.00 bits per heavy atom. The van der Waals surface area contributed by atoms with Crippen LogP contribution >= 0.6 is 11.3 Å². The molecular formula is C25H14FN3OS. The zero-order valence-corrected chi connectivity index (χ0v) is 16.9. The summed E-state index contributed by atoms with van der Waals surface area (Å²) >= 11 is 1.38. The van der Waals surface area contributed by atoms with Crippen molar-refractivity contribution < 1.29 is 8.91 Å². The second-order valence-corrected chi connectivity index (χ2v) is 7.73. The summed E-state index contributed by atoms with van der Waals surface area (Å²) in [7, 11) is 0. The third kappa shape index (κ3) is 3.75. The first-order valence-electron chi connectivity index (χ1n) is 9.50. The van der Waals surface area contributed by atoms with Crippen molar-refractivity contribution in [3.8, 4) is 28.7 Å². The molecule has 0 aliphatic carbocycles. The predicted molar refractivity (Wildman–Crippen MR) is 120 cm³/mol. The molecule has 3 aromatic carbocycles. The van der Waals surface area contributed by atoms with Gasteiger partial charge in [0, 0.05) is 16.5 Å². The molecule has 0 fully saturated rings. The number of nitrogens with zero attached hydrogens (tertiary/aromatic N) is 3. The number of allylic oxidation sites excluding steroid dienone is 1. The summed E-state index contributed by atoms with van der Waals surface area (Å²) in [6.45, 7) is 0. The Morgan fingerprint density at radius 3 is 2.58 bits per heavy atom. The molecule has 0 saturated carbocycles. The van der Waals surface area contributed by atoms with Gasteiger partial charge in [0.25, 0.3) is 0 Å². The second kappa shape index (κ2) is 7.98. The number of hydrogen-bond donors (Lipinski definition) is 0. The summed E-state index contributed by atoms with van der Waals surface area (Å²) in [5.41, 5.74) is 4.51. The molecular weight excluding hydrogens is 409 g/mol. The van der Waals surface area contributed by atoms with Crippen molar-refractivity contribution in [3.05, 3.63) is 94.6 Å². The highest BCUT2D eigenvalue weighted by Gasteiger charge is 2.13. The van der Waals surface area contributed by atoms with Crippen molar-refractivity contribution in [2.45, 2.75) is 0 Å². The molecule has 0 unspecified atom stereocenters. The zero-order valence-electron chi connectivity index (χ0n) is 16.1. The van der Waals surface area contributed by atoms with E-state index in [4.69, 9.17) is 4.52 Å². The van der Waals surface area contributed by atoms with Crippen molar-refractivity contribution in [1.29, 1.82) is 5.26 Å². The topological polar surface area (TPSA) is 62.7 Å². The lowest BCUT2D eigenvalue weighted by atomic mass is 10.0. The van der Waals surface area contributed by atoms with Crippen molar-refractivity contribution in [2.24, 2.45) is 0 Å². The van der Waals surface area contributed by atoms with Crippen LogP contribution in [0, 0.1) is 17.1 Å². The molecule has 5 aromatic rings. The molecule has 2 heterocycles. The Bertz CT molecular complexity index is 1440. The maximum atomic E-state index is 13.2. The van der Waals surface area contributed by atoms with Crippen LogP contribution in [-0.4, -0.2) is 10.1 Å². The number of hydrogen-bond acceptors (Lipinski definition) is 5. The molecule has 0 N–H and O–H groups in total. The van der Waals surface area contributed by atoms with Crippen molar-refractivity contribution in [3.63, 3.8) is 0 Å². The highest BCUT2D eigenvalue weighted by Crippen LogP contribution is 2.31. The van der Waals surface area contributed by atoms with Crippen molar-refractivity contribution in [1.82, 2.24) is 10.1 Å². The van der Waals surface area contributed by atoms with E-state index in [0.29, 0.717) is 22.0 Å². The first kappa shape index (κ1) is 18.9. The first-order valence-corrected chi connectivity index (χ1v) is 10.4. The monoisotopic (exact) mass is 423 g/mol. The van der Waals surface area contributed by atoms with Gasteiger partial charge in [-0.1, -0.05) is 41.6 Å². The molecule has 0 atom stereocenters. The standard InChI is InChI=1S/C25H14FN3OS/c26-20-9-7-17(8-10-20)23-15-31-25(28-23)19(14-27)12-16-6-11-22-21(13-16)24(30-29-22)18-4-2-1-3-5-18/h1-13,15H. The van der Waals surface area contributed by atoms with Crippen LogP contribution in [0.15, 0.2) is 82.7 Å². The van der Waals surface area contributed by atoms with E-state index in [9.17, 15) is 9.65 Å². The largest absolute Gasteiger partial charge is 0.355 e. The minimum atomic E-state index is -0.296. The molecule has 6 heteroatoms. The van der Waals surface area contributed by atoms with Crippen LogP contribution in [0.1, 0.15) is 10.6 Å². The Hall–Kier alpha value is -4.08. The molecule has 2 aromatic heterocycles. The maximum Gasteiger partial charge on any atom is 0.174 e. The van der Waals surface area contributed by atoms with Crippen LogP contribution in [0.3, 0.4) is 0 Å². The highest BCUT2D eigenvalue weighted by molar-refractivity contribution is 7.11. The molecule has 0 aliphatic rings. The maximum absolute atomic E-state index is 13.2. The van der Waals surface area contributed by atoms with Crippen LogP contribution in [-0.2, 0) is 0 Å². The zero-order chi connectivity index (χ0) is 21.2. The molecule has 148 valence electrons. The molecule has 0 bridgehead atoms. The summed E-state index contributed by atoms with van der Waals surface area (Å²) in [4.78, 5) is 4.57. The lowest BCUT2D eigenvalue weighted by molar-refractivity contribution is 0.441. The fraction of sp³-hybridized carbons (Fsp3) is 0. The van der Waals surface area contributed by atoms with E-state index in [-0.39, 0.29) is 5.82 Å². The van der Waals surface area contributed by atoms with Crippen LogP contribution in [0.4, 0.5) is 4.39 Å². The van der Waals surface area contributed by atoms with Gasteiger partial charge in [-0.05, 0) is 48.0 Å². The van der Waals surface area contributed by atoms with Gasteiger partial charge < -0.3 is 4.52 Å². The third-order valence-electron chi connectivity index (χ3n) is 4.84. The summed E-state index contributed by atoms with van der Waals surface area (Å²) in [6, 6.07) is 23.9. The van der Waals surface area contributed by atoms with E-state index >= 15 is 0 Å². The van der Waals surface area contributed by atoms with Crippen LogP contribution in [0.25, 0.3) is 45.1 Å². The van der Waals surface area contributed by atoms with Gasteiger partial charge in [0.2, 0.25) is 0 Å². The van der Waals surface area contributed by atoms with Gasteiger partial charge in [-0.3, -0.25) is 0 Å². The molecule has 0 radical (unpaired) electrons. The van der Waals surface area contributed by atoms with Gasteiger partial charge in [-0.2, -0.15) is 5.26 Å². The molecule has 0 amide bonds. The minimum absolute atomic E-state index is 0.296. The average Bonchev–Trinajstić information content (AvgIpc) is 3.46.